The van der Waals surface area contributed by atoms with Gasteiger partial charge in [0.25, 0.3) is 5.95 Å². The van der Waals surface area contributed by atoms with Crippen molar-refractivity contribution in [2.45, 2.75) is 38.2 Å². The molecule has 0 unspecified atom stereocenters. The quantitative estimate of drug-likeness (QED) is 0.714. The summed E-state index contributed by atoms with van der Waals surface area (Å²) in [6.07, 6.45) is 8.97. The monoisotopic (exact) mass is 355 g/mol. The number of halogens is 1. The number of hydrogen-bond acceptors (Lipinski definition) is 5. The van der Waals surface area contributed by atoms with Crippen molar-refractivity contribution in [1.82, 2.24) is 19.7 Å². The molecule has 7 heteroatoms. The van der Waals surface area contributed by atoms with Crippen molar-refractivity contribution in [3.8, 4) is 11.7 Å². The second kappa shape index (κ2) is 6.90. The average molecular weight is 355 g/mol. The Morgan fingerprint density at radius 2 is 1.96 bits per heavy atom. The summed E-state index contributed by atoms with van der Waals surface area (Å²) in [7, 11) is 3.80. The van der Waals surface area contributed by atoms with E-state index in [-0.39, 0.29) is 11.9 Å². The van der Waals surface area contributed by atoms with E-state index in [0.717, 1.165) is 31.1 Å². The Morgan fingerprint density at radius 1 is 1.15 bits per heavy atom. The maximum atomic E-state index is 14.7. The predicted molar refractivity (Wildman–Crippen MR) is 98.4 cm³/mol. The Bertz CT molecular complexity index is 904. The number of fused-ring (bicyclic) bond motifs is 1. The van der Waals surface area contributed by atoms with Crippen LogP contribution < -0.4 is 9.64 Å². The summed E-state index contributed by atoms with van der Waals surface area (Å²) in [5.74, 6) is 1.00. The molecule has 26 heavy (non-hydrogen) atoms. The zero-order chi connectivity index (χ0) is 18.1. The summed E-state index contributed by atoms with van der Waals surface area (Å²) in [6, 6.07) is 4.95. The number of anilines is 1. The van der Waals surface area contributed by atoms with E-state index in [1.54, 1.807) is 29.2 Å². The van der Waals surface area contributed by atoms with Crippen LogP contribution >= 0.6 is 0 Å². The third kappa shape index (κ3) is 3.21. The molecule has 136 valence electrons. The van der Waals surface area contributed by atoms with Gasteiger partial charge in [-0.05, 0) is 37.8 Å². The molecule has 0 N–H and O–H groups in total. The van der Waals surface area contributed by atoms with E-state index in [0.29, 0.717) is 17.3 Å². The highest BCUT2D eigenvalue weighted by atomic mass is 19.1. The zero-order valence-corrected chi connectivity index (χ0v) is 15.0. The van der Waals surface area contributed by atoms with Crippen molar-refractivity contribution in [2.24, 2.45) is 0 Å². The second-order valence-electron chi connectivity index (χ2n) is 6.87. The van der Waals surface area contributed by atoms with Gasteiger partial charge in [0.1, 0.15) is 5.82 Å². The first-order chi connectivity index (χ1) is 12.6. The fourth-order valence-electron chi connectivity index (χ4n) is 3.39. The Labute approximate surface area is 151 Å². The summed E-state index contributed by atoms with van der Waals surface area (Å²) < 4.78 is 22.2. The SMILES string of the molecule is CN(C)c1nc(-n2cccn2)nc2cc(F)c(OC3CCCCC3)cc12. The minimum Gasteiger partial charge on any atom is -0.487 e. The van der Waals surface area contributed by atoms with E-state index in [1.807, 2.05) is 19.0 Å². The molecule has 2 heterocycles. The summed E-state index contributed by atoms with van der Waals surface area (Å²) in [5, 5.41) is 4.93. The van der Waals surface area contributed by atoms with Crippen LogP contribution in [0.4, 0.5) is 10.2 Å². The van der Waals surface area contributed by atoms with E-state index in [1.165, 1.54) is 12.5 Å². The van der Waals surface area contributed by atoms with Crippen LogP contribution in [0.2, 0.25) is 0 Å². The van der Waals surface area contributed by atoms with Gasteiger partial charge in [-0.1, -0.05) is 6.42 Å². The standard InChI is InChI=1S/C19H22FN5O/c1-24(2)18-14-11-17(26-13-7-4-3-5-8-13)15(20)12-16(14)22-19(23-18)25-10-6-9-21-25/h6,9-13H,3-5,7-8H2,1-2H3. The number of rotatable bonds is 4. The van der Waals surface area contributed by atoms with E-state index >= 15 is 0 Å². The highest BCUT2D eigenvalue weighted by Crippen LogP contribution is 2.32. The molecule has 1 aromatic carbocycles. The molecule has 2 aromatic heterocycles. The molecule has 3 aromatic rings. The number of hydrogen-bond donors (Lipinski definition) is 0. The van der Waals surface area contributed by atoms with Crippen LogP contribution in [0.25, 0.3) is 16.9 Å². The lowest BCUT2D eigenvalue weighted by Gasteiger charge is -2.23. The van der Waals surface area contributed by atoms with Gasteiger partial charge in [-0.15, -0.1) is 0 Å². The molecule has 4 rings (SSSR count). The molecule has 1 fully saturated rings. The molecule has 6 nitrogen and oxygen atoms in total. The summed E-state index contributed by atoms with van der Waals surface area (Å²) in [5.41, 5.74) is 0.530. The fourth-order valence-corrected chi connectivity index (χ4v) is 3.39. The largest absolute Gasteiger partial charge is 0.487 e. The summed E-state index contributed by atoms with van der Waals surface area (Å²) in [6.45, 7) is 0. The third-order valence-electron chi connectivity index (χ3n) is 4.70. The highest BCUT2D eigenvalue weighted by Gasteiger charge is 2.19. The first-order valence-electron chi connectivity index (χ1n) is 8.97. The molecular formula is C19H22FN5O. The lowest BCUT2D eigenvalue weighted by Crippen LogP contribution is -2.20. The number of aromatic nitrogens is 4. The van der Waals surface area contributed by atoms with Crippen molar-refractivity contribution < 1.29 is 9.13 Å². The zero-order valence-electron chi connectivity index (χ0n) is 15.0. The molecule has 0 atom stereocenters. The van der Waals surface area contributed by atoms with Crippen LogP contribution in [0.1, 0.15) is 32.1 Å². The van der Waals surface area contributed by atoms with Crippen LogP contribution in [0.15, 0.2) is 30.6 Å². The van der Waals surface area contributed by atoms with Crippen molar-refractivity contribution in [1.29, 1.82) is 0 Å². The minimum absolute atomic E-state index is 0.0859. The minimum atomic E-state index is -0.391. The Kier molecular flexibility index (Phi) is 4.44. The second-order valence-corrected chi connectivity index (χ2v) is 6.87. The number of nitrogens with zero attached hydrogens (tertiary/aromatic N) is 5. The van der Waals surface area contributed by atoms with Gasteiger partial charge in [-0.2, -0.15) is 10.1 Å². The Hall–Kier alpha value is -2.70. The molecule has 0 amide bonds. The number of ether oxygens (including phenoxy) is 1. The van der Waals surface area contributed by atoms with Crippen molar-refractivity contribution >= 4 is 16.7 Å². The smallest absolute Gasteiger partial charge is 0.253 e. The highest BCUT2D eigenvalue weighted by molar-refractivity contribution is 5.91. The van der Waals surface area contributed by atoms with Gasteiger partial charge in [0.2, 0.25) is 0 Å². The Balaban J connectivity index is 1.78. The molecule has 1 aliphatic carbocycles. The van der Waals surface area contributed by atoms with Crippen LogP contribution in [0, 0.1) is 5.82 Å². The summed E-state index contributed by atoms with van der Waals surface area (Å²) in [4.78, 5) is 11.0. The van der Waals surface area contributed by atoms with E-state index in [9.17, 15) is 4.39 Å². The Morgan fingerprint density at radius 3 is 2.65 bits per heavy atom. The first kappa shape index (κ1) is 16.8. The van der Waals surface area contributed by atoms with Gasteiger partial charge in [0, 0.05) is 37.9 Å². The van der Waals surface area contributed by atoms with Crippen LogP contribution in [0.5, 0.6) is 5.75 Å². The molecule has 1 aliphatic rings. The predicted octanol–water partition coefficient (Wildman–Crippen LogP) is 3.73. The van der Waals surface area contributed by atoms with Crippen LogP contribution in [0.3, 0.4) is 0 Å². The van der Waals surface area contributed by atoms with Crippen molar-refractivity contribution in [3.05, 3.63) is 36.4 Å². The van der Waals surface area contributed by atoms with Gasteiger partial charge in [-0.3, -0.25) is 0 Å². The third-order valence-corrected chi connectivity index (χ3v) is 4.70. The first-order valence-corrected chi connectivity index (χ1v) is 8.97. The lowest BCUT2D eigenvalue weighted by molar-refractivity contribution is 0.149. The van der Waals surface area contributed by atoms with E-state index in [2.05, 4.69) is 15.1 Å². The van der Waals surface area contributed by atoms with Gasteiger partial charge >= 0.3 is 0 Å². The molecular weight excluding hydrogens is 333 g/mol. The molecule has 0 radical (unpaired) electrons. The van der Waals surface area contributed by atoms with Gasteiger partial charge in [0.15, 0.2) is 11.6 Å². The summed E-state index contributed by atoms with van der Waals surface area (Å²) >= 11 is 0. The molecule has 0 aliphatic heterocycles. The maximum Gasteiger partial charge on any atom is 0.253 e. The lowest BCUT2D eigenvalue weighted by atomic mass is 9.98. The van der Waals surface area contributed by atoms with Crippen molar-refractivity contribution in [3.63, 3.8) is 0 Å². The normalized spacial score (nSPS) is 15.3. The van der Waals surface area contributed by atoms with Crippen LogP contribution in [-0.2, 0) is 0 Å². The number of benzene rings is 1. The maximum absolute atomic E-state index is 14.7. The van der Waals surface area contributed by atoms with Gasteiger partial charge in [0.05, 0.1) is 11.6 Å². The topological polar surface area (TPSA) is 56.1 Å². The van der Waals surface area contributed by atoms with E-state index in [4.69, 9.17) is 4.74 Å². The molecule has 0 spiro atoms. The molecule has 0 saturated heterocycles. The van der Waals surface area contributed by atoms with Gasteiger partial charge < -0.3 is 9.64 Å². The fraction of sp³-hybridized carbons (Fsp3) is 0.421. The molecule has 1 saturated carbocycles. The van der Waals surface area contributed by atoms with E-state index < -0.39 is 5.82 Å². The average Bonchev–Trinajstić information content (AvgIpc) is 3.17. The van der Waals surface area contributed by atoms with Crippen LogP contribution in [-0.4, -0.2) is 39.9 Å². The van der Waals surface area contributed by atoms with Gasteiger partial charge in [-0.25, -0.2) is 14.1 Å². The molecule has 0 bridgehead atoms. The van der Waals surface area contributed by atoms with Crippen molar-refractivity contribution in [2.75, 3.05) is 19.0 Å².